The van der Waals surface area contributed by atoms with Crippen LogP contribution in [-0.4, -0.2) is 19.1 Å². The molecule has 0 aliphatic rings. The molecule has 0 bridgehead atoms. The largest absolute Gasteiger partial charge is 0.497 e. The number of ether oxygens (including phenoxy) is 2. The fourth-order valence-electron chi connectivity index (χ4n) is 2.00. The predicted octanol–water partition coefficient (Wildman–Crippen LogP) is 3.72. The fourth-order valence-corrected chi connectivity index (χ4v) is 2.00. The highest BCUT2D eigenvalue weighted by Gasteiger charge is 2.15. The molecule has 0 aliphatic heterocycles. The van der Waals surface area contributed by atoms with E-state index in [1.165, 1.54) is 5.56 Å². The third-order valence-electron chi connectivity index (χ3n) is 3.50. The Balaban J connectivity index is 2.00. The summed E-state index contributed by atoms with van der Waals surface area (Å²) in [7, 11) is 1.59. The van der Waals surface area contributed by atoms with Crippen LogP contribution in [0.5, 0.6) is 11.5 Å². The Bertz CT molecular complexity index is 667. The minimum Gasteiger partial charge on any atom is -0.497 e. The highest BCUT2D eigenvalue weighted by molar-refractivity contribution is 5.94. The second kappa shape index (κ2) is 6.98. The van der Waals surface area contributed by atoms with Gasteiger partial charge in [0, 0.05) is 11.8 Å². The Kier molecular flexibility index (Phi) is 5.04. The fraction of sp³-hybridized carbons (Fsp3) is 0.278. The second-order valence-corrected chi connectivity index (χ2v) is 5.23. The number of benzene rings is 2. The van der Waals surface area contributed by atoms with E-state index in [-0.39, 0.29) is 5.91 Å². The third kappa shape index (κ3) is 4.01. The molecule has 0 saturated heterocycles. The monoisotopic (exact) mass is 299 g/mol. The Morgan fingerprint density at radius 3 is 2.45 bits per heavy atom. The Labute approximate surface area is 131 Å². The normalized spacial score (nSPS) is 11.6. The van der Waals surface area contributed by atoms with Gasteiger partial charge < -0.3 is 14.8 Å². The zero-order valence-electron chi connectivity index (χ0n) is 13.3. The number of amides is 1. The van der Waals surface area contributed by atoms with Crippen LogP contribution in [0.25, 0.3) is 0 Å². The van der Waals surface area contributed by atoms with Gasteiger partial charge in [-0.1, -0.05) is 12.1 Å². The average molecular weight is 299 g/mol. The van der Waals surface area contributed by atoms with Crippen molar-refractivity contribution in [3.63, 3.8) is 0 Å². The maximum atomic E-state index is 12.2. The summed E-state index contributed by atoms with van der Waals surface area (Å²) in [4.78, 5) is 12.2. The lowest BCUT2D eigenvalue weighted by atomic mass is 10.1. The van der Waals surface area contributed by atoms with E-state index in [0.29, 0.717) is 11.5 Å². The quantitative estimate of drug-likeness (QED) is 0.915. The van der Waals surface area contributed by atoms with Crippen LogP contribution < -0.4 is 14.8 Å². The lowest BCUT2D eigenvalue weighted by Crippen LogP contribution is -2.30. The summed E-state index contributed by atoms with van der Waals surface area (Å²) in [6, 6.07) is 13.0. The van der Waals surface area contributed by atoms with Crippen molar-refractivity contribution in [3.05, 3.63) is 53.6 Å². The molecule has 4 heteroatoms. The van der Waals surface area contributed by atoms with E-state index < -0.39 is 6.10 Å². The van der Waals surface area contributed by atoms with E-state index in [0.717, 1.165) is 11.3 Å². The van der Waals surface area contributed by atoms with E-state index in [1.807, 2.05) is 44.2 Å². The Hall–Kier alpha value is -2.49. The van der Waals surface area contributed by atoms with Crippen molar-refractivity contribution in [2.24, 2.45) is 0 Å². The summed E-state index contributed by atoms with van der Waals surface area (Å²) in [6.45, 7) is 5.77. The SMILES string of the molecule is COc1cccc(OC(C)C(=O)Nc2ccc(C)c(C)c2)c1. The molecule has 0 aromatic heterocycles. The number of hydrogen-bond donors (Lipinski definition) is 1. The van der Waals surface area contributed by atoms with Crippen LogP contribution in [0.2, 0.25) is 0 Å². The van der Waals surface area contributed by atoms with Gasteiger partial charge in [0.25, 0.3) is 5.91 Å². The zero-order chi connectivity index (χ0) is 16.1. The molecule has 2 aromatic carbocycles. The molecule has 1 N–H and O–H groups in total. The smallest absolute Gasteiger partial charge is 0.265 e. The van der Waals surface area contributed by atoms with Gasteiger partial charge in [0.1, 0.15) is 11.5 Å². The number of anilines is 1. The molecular formula is C18H21NO3. The lowest BCUT2D eigenvalue weighted by Gasteiger charge is -2.15. The number of carbonyl (C=O) groups is 1. The van der Waals surface area contributed by atoms with Gasteiger partial charge in [0.05, 0.1) is 7.11 Å². The second-order valence-electron chi connectivity index (χ2n) is 5.23. The average Bonchev–Trinajstić information content (AvgIpc) is 2.51. The van der Waals surface area contributed by atoms with Gasteiger partial charge in [-0.2, -0.15) is 0 Å². The van der Waals surface area contributed by atoms with Crippen molar-refractivity contribution in [2.45, 2.75) is 26.9 Å². The van der Waals surface area contributed by atoms with E-state index in [1.54, 1.807) is 26.2 Å². The van der Waals surface area contributed by atoms with E-state index in [9.17, 15) is 4.79 Å². The van der Waals surface area contributed by atoms with Crippen LogP contribution in [0.15, 0.2) is 42.5 Å². The van der Waals surface area contributed by atoms with E-state index >= 15 is 0 Å². The molecule has 1 unspecified atom stereocenters. The van der Waals surface area contributed by atoms with E-state index in [2.05, 4.69) is 5.32 Å². The van der Waals surface area contributed by atoms with Crippen LogP contribution in [0.1, 0.15) is 18.1 Å². The predicted molar refractivity (Wildman–Crippen MR) is 87.6 cm³/mol. The Morgan fingerprint density at radius 1 is 1.05 bits per heavy atom. The molecule has 2 aromatic rings. The standard InChI is InChI=1S/C18H21NO3/c1-12-8-9-15(10-13(12)2)19-18(20)14(3)22-17-7-5-6-16(11-17)21-4/h5-11,14H,1-4H3,(H,19,20). The number of rotatable bonds is 5. The van der Waals surface area contributed by atoms with E-state index in [4.69, 9.17) is 9.47 Å². The van der Waals surface area contributed by atoms with Crippen molar-refractivity contribution in [3.8, 4) is 11.5 Å². The maximum absolute atomic E-state index is 12.2. The molecule has 0 spiro atoms. The van der Waals surface area contributed by atoms with Crippen molar-refractivity contribution in [1.82, 2.24) is 0 Å². The van der Waals surface area contributed by atoms with Crippen molar-refractivity contribution in [2.75, 3.05) is 12.4 Å². The van der Waals surface area contributed by atoms with Crippen LogP contribution in [-0.2, 0) is 4.79 Å². The molecule has 4 nitrogen and oxygen atoms in total. The van der Waals surface area contributed by atoms with Crippen LogP contribution in [0.4, 0.5) is 5.69 Å². The van der Waals surface area contributed by atoms with Gasteiger partial charge in [0.2, 0.25) is 0 Å². The van der Waals surface area contributed by atoms with Gasteiger partial charge in [-0.25, -0.2) is 0 Å². The first kappa shape index (κ1) is 15.9. The minimum atomic E-state index is -0.603. The summed E-state index contributed by atoms with van der Waals surface area (Å²) in [6.07, 6.45) is -0.603. The van der Waals surface area contributed by atoms with Gasteiger partial charge in [0.15, 0.2) is 6.10 Å². The van der Waals surface area contributed by atoms with Gasteiger partial charge in [-0.3, -0.25) is 4.79 Å². The summed E-state index contributed by atoms with van der Waals surface area (Å²) < 4.78 is 10.8. The number of hydrogen-bond acceptors (Lipinski definition) is 3. The van der Waals surface area contributed by atoms with Crippen molar-refractivity contribution >= 4 is 11.6 Å². The first-order valence-corrected chi connectivity index (χ1v) is 7.18. The molecule has 0 radical (unpaired) electrons. The third-order valence-corrected chi connectivity index (χ3v) is 3.50. The number of carbonyl (C=O) groups excluding carboxylic acids is 1. The van der Waals surface area contributed by atoms with Crippen molar-refractivity contribution in [1.29, 1.82) is 0 Å². The topological polar surface area (TPSA) is 47.6 Å². The molecule has 0 fully saturated rings. The molecule has 116 valence electrons. The van der Waals surface area contributed by atoms with Crippen molar-refractivity contribution < 1.29 is 14.3 Å². The molecule has 1 amide bonds. The molecule has 0 saturated carbocycles. The Morgan fingerprint density at radius 2 is 1.77 bits per heavy atom. The summed E-state index contributed by atoms with van der Waals surface area (Å²) in [5, 5.41) is 2.86. The molecule has 0 heterocycles. The number of nitrogens with one attached hydrogen (secondary N) is 1. The lowest BCUT2D eigenvalue weighted by molar-refractivity contribution is -0.122. The highest BCUT2D eigenvalue weighted by Crippen LogP contribution is 2.20. The molecule has 22 heavy (non-hydrogen) atoms. The van der Waals surface area contributed by atoms with Gasteiger partial charge in [-0.15, -0.1) is 0 Å². The van der Waals surface area contributed by atoms with Crippen LogP contribution in [0.3, 0.4) is 0 Å². The minimum absolute atomic E-state index is 0.189. The van der Waals surface area contributed by atoms with Gasteiger partial charge >= 0.3 is 0 Å². The number of methoxy groups -OCH3 is 1. The summed E-state index contributed by atoms with van der Waals surface area (Å²) in [5.41, 5.74) is 3.10. The molecule has 2 rings (SSSR count). The van der Waals surface area contributed by atoms with Gasteiger partial charge in [-0.05, 0) is 56.2 Å². The molecule has 0 aliphatic carbocycles. The first-order valence-electron chi connectivity index (χ1n) is 7.18. The highest BCUT2D eigenvalue weighted by atomic mass is 16.5. The number of aryl methyl sites for hydroxylation is 2. The zero-order valence-corrected chi connectivity index (χ0v) is 13.3. The summed E-state index contributed by atoms with van der Waals surface area (Å²) in [5.74, 6) is 1.10. The first-order chi connectivity index (χ1) is 10.5. The maximum Gasteiger partial charge on any atom is 0.265 e. The van der Waals surface area contributed by atoms with Crippen LogP contribution in [0, 0.1) is 13.8 Å². The molecule has 1 atom stereocenters. The van der Waals surface area contributed by atoms with Crippen LogP contribution >= 0.6 is 0 Å². The molecular weight excluding hydrogens is 278 g/mol. The summed E-state index contributed by atoms with van der Waals surface area (Å²) >= 11 is 0.